The zero-order valence-electron chi connectivity index (χ0n) is 16.3. The van der Waals surface area contributed by atoms with Crippen molar-refractivity contribution < 1.29 is 22.8 Å². The zero-order chi connectivity index (χ0) is 21.4. The molecule has 1 aromatic carbocycles. The molecule has 1 aromatic rings. The summed E-state index contributed by atoms with van der Waals surface area (Å²) >= 11 is 5.58. The number of benzene rings is 1. The summed E-state index contributed by atoms with van der Waals surface area (Å²) in [5.74, 6) is -0.404. The number of rotatable bonds is 8. The molecule has 1 aliphatic heterocycles. The van der Waals surface area contributed by atoms with E-state index in [0.29, 0.717) is 39.3 Å². The van der Waals surface area contributed by atoms with Crippen LogP contribution in [0.1, 0.15) is 25.3 Å². The lowest BCUT2D eigenvalue weighted by molar-refractivity contribution is -0.137. The van der Waals surface area contributed by atoms with Crippen LogP contribution in [0.5, 0.6) is 0 Å². The molecule has 0 atom stereocenters. The van der Waals surface area contributed by atoms with E-state index in [4.69, 9.17) is 11.6 Å². The Morgan fingerprint density at radius 2 is 1.66 bits per heavy atom. The minimum Gasteiger partial charge on any atom is -0.355 e. The average molecular weight is 435 g/mol. The molecule has 0 aliphatic carbocycles. The predicted molar refractivity (Wildman–Crippen MR) is 106 cm³/mol. The molecule has 0 unspecified atom stereocenters. The van der Waals surface area contributed by atoms with Crippen molar-refractivity contribution in [1.82, 2.24) is 15.1 Å². The van der Waals surface area contributed by atoms with Crippen molar-refractivity contribution in [2.24, 2.45) is 0 Å². The fraction of sp³-hybridized carbons (Fsp3) is 0.579. The Morgan fingerprint density at radius 1 is 1.07 bits per heavy atom. The molecule has 0 aromatic heterocycles. The summed E-state index contributed by atoms with van der Waals surface area (Å²) in [6.45, 7) is 5.63. The van der Waals surface area contributed by atoms with Gasteiger partial charge in [-0.2, -0.15) is 13.2 Å². The molecule has 162 valence electrons. The van der Waals surface area contributed by atoms with E-state index in [1.807, 2.05) is 9.80 Å². The number of carbonyl (C=O) groups excluding carboxylic acids is 2. The van der Waals surface area contributed by atoms with Gasteiger partial charge in [0.1, 0.15) is 0 Å². The molecular formula is C19H26ClF3N4O2. The lowest BCUT2D eigenvalue weighted by atomic mass is 10.2. The molecular weight excluding hydrogens is 409 g/mol. The molecule has 10 heteroatoms. The maximum absolute atomic E-state index is 12.9. The Bertz CT molecular complexity index is 707. The molecule has 1 fully saturated rings. The number of hydrogen-bond acceptors (Lipinski definition) is 4. The highest BCUT2D eigenvalue weighted by atomic mass is 35.5. The molecule has 1 saturated heterocycles. The number of anilines is 1. The van der Waals surface area contributed by atoms with Crippen molar-refractivity contribution in [1.29, 1.82) is 0 Å². The highest BCUT2D eigenvalue weighted by molar-refractivity contribution is 6.31. The van der Waals surface area contributed by atoms with Crippen molar-refractivity contribution in [2.45, 2.75) is 25.9 Å². The molecule has 1 heterocycles. The number of piperazine rings is 1. The normalized spacial score (nSPS) is 15.9. The van der Waals surface area contributed by atoms with E-state index in [1.165, 1.54) is 6.07 Å². The van der Waals surface area contributed by atoms with Crippen LogP contribution in [0, 0.1) is 0 Å². The van der Waals surface area contributed by atoms with Gasteiger partial charge in [-0.05, 0) is 24.6 Å². The van der Waals surface area contributed by atoms with Gasteiger partial charge < -0.3 is 10.6 Å². The lowest BCUT2D eigenvalue weighted by Crippen LogP contribution is -2.51. The van der Waals surface area contributed by atoms with E-state index >= 15 is 0 Å². The summed E-state index contributed by atoms with van der Waals surface area (Å²) in [5, 5.41) is 4.95. The van der Waals surface area contributed by atoms with E-state index in [0.717, 1.165) is 25.0 Å². The third-order valence-corrected chi connectivity index (χ3v) is 4.94. The molecule has 0 spiro atoms. The van der Waals surface area contributed by atoms with E-state index in [2.05, 4.69) is 17.6 Å². The summed E-state index contributed by atoms with van der Waals surface area (Å²) in [6, 6.07) is 3.28. The van der Waals surface area contributed by atoms with Gasteiger partial charge in [0.25, 0.3) is 0 Å². The maximum atomic E-state index is 12.9. The molecule has 2 N–H and O–H groups in total. The van der Waals surface area contributed by atoms with Gasteiger partial charge in [0.15, 0.2) is 0 Å². The summed E-state index contributed by atoms with van der Waals surface area (Å²) < 4.78 is 38.7. The molecule has 2 amide bonds. The smallest absolute Gasteiger partial charge is 0.355 e. The SMILES string of the molecule is CCCCNC(=O)CN1CCN(CC(=O)Nc2ccc(Cl)c(C(F)(F)F)c2)CC1. The Kier molecular flexibility index (Phi) is 8.73. The van der Waals surface area contributed by atoms with Gasteiger partial charge in [-0.1, -0.05) is 24.9 Å². The molecule has 1 aliphatic rings. The first-order valence-corrected chi connectivity index (χ1v) is 9.95. The number of alkyl halides is 3. The number of carbonyl (C=O) groups is 2. The zero-order valence-corrected chi connectivity index (χ0v) is 17.1. The van der Waals surface area contributed by atoms with Crippen LogP contribution in [-0.2, 0) is 15.8 Å². The quantitative estimate of drug-likeness (QED) is 0.617. The Labute approximate surface area is 173 Å². The number of nitrogens with zero attached hydrogens (tertiary/aromatic N) is 2. The summed E-state index contributed by atoms with van der Waals surface area (Å²) in [5.41, 5.74) is -0.933. The highest BCUT2D eigenvalue weighted by Gasteiger charge is 2.33. The van der Waals surface area contributed by atoms with E-state index < -0.39 is 22.7 Å². The predicted octanol–water partition coefficient (Wildman–Crippen LogP) is 2.83. The molecule has 29 heavy (non-hydrogen) atoms. The summed E-state index contributed by atoms with van der Waals surface area (Å²) in [4.78, 5) is 28.0. The van der Waals surface area contributed by atoms with Crippen LogP contribution in [0.25, 0.3) is 0 Å². The van der Waals surface area contributed by atoms with Crippen molar-refractivity contribution in [2.75, 3.05) is 51.1 Å². The Hall–Kier alpha value is -1.84. The van der Waals surface area contributed by atoms with Gasteiger partial charge in [-0.25, -0.2) is 0 Å². The highest BCUT2D eigenvalue weighted by Crippen LogP contribution is 2.36. The van der Waals surface area contributed by atoms with Gasteiger partial charge >= 0.3 is 6.18 Å². The van der Waals surface area contributed by atoms with Crippen molar-refractivity contribution >= 4 is 29.1 Å². The van der Waals surface area contributed by atoms with Crippen molar-refractivity contribution in [3.8, 4) is 0 Å². The Balaban J connectivity index is 1.77. The number of hydrogen-bond donors (Lipinski definition) is 2. The van der Waals surface area contributed by atoms with Crippen LogP contribution in [0.3, 0.4) is 0 Å². The van der Waals surface area contributed by atoms with Crippen LogP contribution in [0.2, 0.25) is 5.02 Å². The van der Waals surface area contributed by atoms with Crippen LogP contribution >= 0.6 is 11.6 Å². The summed E-state index contributed by atoms with van der Waals surface area (Å²) in [6.07, 6.45) is -2.61. The van der Waals surface area contributed by atoms with Crippen molar-refractivity contribution in [3.05, 3.63) is 28.8 Å². The third-order valence-electron chi connectivity index (χ3n) is 4.61. The standard InChI is InChI=1S/C19H26ClF3N4O2/c1-2-3-6-24-17(28)12-26-7-9-27(10-8-26)13-18(29)25-14-4-5-16(20)15(11-14)19(21,22)23/h4-5,11H,2-3,6-10,12-13H2,1H3,(H,24,28)(H,25,29). The van der Waals surface area contributed by atoms with E-state index in [-0.39, 0.29) is 18.1 Å². The first-order chi connectivity index (χ1) is 13.7. The minimum absolute atomic E-state index is 0.00662. The topological polar surface area (TPSA) is 64.7 Å². The molecule has 0 saturated carbocycles. The second kappa shape index (κ2) is 10.8. The van der Waals surface area contributed by atoms with Gasteiger partial charge in [0.05, 0.1) is 23.7 Å². The van der Waals surface area contributed by atoms with Gasteiger partial charge in [-0.3, -0.25) is 19.4 Å². The second-order valence-corrected chi connectivity index (χ2v) is 7.40. The molecule has 2 rings (SSSR count). The van der Waals surface area contributed by atoms with Gasteiger partial charge in [0, 0.05) is 38.4 Å². The number of unbranched alkanes of at least 4 members (excludes halogenated alkanes) is 1. The van der Waals surface area contributed by atoms with Gasteiger partial charge in [0.2, 0.25) is 11.8 Å². The second-order valence-electron chi connectivity index (χ2n) is 7.00. The summed E-state index contributed by atoms with van der Waals surface area (Å²) in [7, 11) is 0. The molecule has 0 bridgehead atoms. The van der Waals surface area contributed by atoms with E-state index in [9.17, 15) is 22.8 Å². The van der Waals surface area contributed by atoms with Crippen molar-refractivity contribution in [3.63, 3.8) is 0 Å². The van der Waals surface area contributed by atoms with E-state index in [1.54, 1.807) is 0 Å². The number of halogens is 4. The van der Waals surface area contributed by atoms with Crippen LogP contribution in [0.15, 0.2) is 18.2 Å². The van der Waals surface area contributed by atoms with Crippen LogP contribution in [-0.4, -0.2) is 67.4 Å². The third kappa shape index (κ3) is 7.83. The Morgan fingerprint density at radius 3 is 2.21 bits per heavy atom. The first kappa shape index (κ1) is 23.4. The number of amides is 2. The number of nitrogens with one attached hydrogen (secondary N) is 2. The monoisotopic (exact) mass is 434 g/mol. The first-order valence-electron chi connectivity index (χ1n) is 9.57. The fourth-order valence-electron chi connectivity index (χ4n) is 2.99. The molecule has 6 nitrogen and oxygen atoms in total. The van der Waals surface area contributed by atoms with Crippen LogP contribution in [0.4, 0.5) is 18.9 Å². The maximum Gasteiger partial charge on any atom is 0.417 e. The van der Waals surface area contributed by atoms with Crippen LogP contribution < -0.4 is 10.6 Å². The fourth-order valence-corrected chi connectivity index (χ4v) is 3.22. The minimum atomic E-state index is -4.59. The lowest BCUT2D eigenvalue weighted by Gasteiger charge is -2.33. The largest absolute Gasteiger partial charge is 0.417 e. The average Bonchev–Trinajstić information content (AvgIpc) is 2.64. The van der Waals surface area contributed by atoms with Gasteiger partial charge in [-0.15, -0.1) is 0 Å². The molecule has 0 radical (unpaired) electrons.